The SMILES string of the molecule is C1=C(c2ccc(-c3ccccn3)cc2)[N-]C(c2cc(-c3cccc4ccccc34)cc(-c3cccc4ccccc34)c2)N=C1c1ccc(-c2ccccn2)cc1. The van der Waals surface area contributed by atoms with Crippen LogP contribution in [0.15, 0.2) is 212 Å². The van der Waals surface area contributed by atoms with E-state index in [1.54, 1.807) is 0 Å². The third-order valence-corrected chi connectivity index (χ3v) is 10.5. The molecule has 0 saturated carbocycles. The van der Waals surface area contributed by atoms with E-state index in [1.807, 2.05) is 48.8 Å². The first kappa shape index (κ1) is 33.2. The number of hydrogen-bond donors (Lipinski definition) is 0. The maximum absolute atomic E-state index is 5.41. The summed E-state index contributed by atoms with van der Waals surface area (Å²) in [5, 5.41) is 10.2. The summed E-state index contributed by atoms with van der Waals surface area (Å²) in [6.45, 7) is 0. The van der Waals surface area contributed by atoms with Gasteiger partial charge in [0.25, 0.3) is 0 Å². The second kappa shape index (κ2) is 14.4. The highest BCUT2D eigenvalue weighted by molar-refractivity contribution is 6.14. The van der Waals surface area contributed by atoms with Gasteiger partial charge in [0.15, 0.2) is 0 Å². The molecule has 4 nitrogen and oxygen atoms in total. The minimum absolute atomic E-state index is 0.486. The van der Waals surface area contributed by atoms with Gasteiger partial charge in [-0.1, -0.05) is 164 Å². The van der Waals surface area contributed by atoms with Crippen LogP contribution in [0.4, 0.5) is 0 Å². The van der Waals surface area contributed by atoms with Crippen molar-refractivity contribution in [1.29, 1.82) is 0 Å². The largest absolute Gasteiger partial charge is 0.659 e. The molecule has 264 valence electrons. The quantitative estimate of drug-likeness (QED) is 0.165. The highest BCUT2D eigenvalue weighted by Crippen LogP contribution is 2.42. The van der Waals surface area contributed by atoms with Gasteiger partial charge in [-0.25, -0.2) is 0 Å². The van der Waals surface area contributed by atoms with Gasteiger partial charge in [0, 0.05) is 29.7 Å². The van der Waals surface area contributed by atoms with Crippen molar-refractivity contribution >= 4 is 33.0 Å². The van der Waals surface area contributed by atoms with Crippen molar-refractivity contribution < 1.29 is 0 Å². The molecule has 3 heterocycles. The van der Waals surface area contributed by atoms with Crippen LogP contribution < -0.4 is 0 Å². The smallest absolute Gasteiger partial charge is 0.0701 e. The number of hydrogen-bond acceptors (Lipinski definition) is 3. The number of pyridine rings is 2. The van der Waals surface area contributed by atoms with Crippen LogP contribution in [-0.2, 0) is 0 Å². The second-order valence-corrected chi connectivity index (χ2v) is 14.0. The van der Waals surface area contributed by atoms with E-state index in [4.69, 9.17) is 10.3 Å². The molecule has 0 saturated heterocycles. The van der Waals surface area contributed by atoms with Crippen molar-refractivity contribution in [3.63, 3.8) is 0 Å². The van der Waals surface area contributed by atoms with Crippen LogP contribution in [0.3, 0.4) is 0 Å². The van der Waals surface area contributed by atoms with Gasteiger partial charge < -0.3 is 5.32 Å². The Kier molecular flexibility index (Phi) is 8.54. The van der Waals surface area contributed by atoms with Crippen LogP contribution in [0.1, 0.15) is 22.9 Å². The topological polar surface area (TPSA) is 52.2 Å². The molecule has 1 aliphatic heterocycles. The van der Waals surface area contributed by atoms with E-state index in [9.17, 15) is 0 Å². The molecule has 0 bridgehead atoms. The molecule has 7 aromatic carbocycles. The minimum Gasteiger partial charge on any atom is -0.659 e. The molecule has 1 atom stereocenters. The Morgan fingerprint density at radius 3 is 1.41 bits per heavy atom. The lowest BCUT2D eigenvalue weighted by Gasteiger charge is -2.38. The van der Waals surface area contributed by atoms with Gasteiger partial charge in [0.2, 0.25) is 0 Å². The van der Waals surface area contributed by atoms with E-state index in [-0.39, 0.29) is 0 Å². The molecule has 0 spiro atoms. The predicted octanol–water partition coefficient (Wildman–Crippen LogP) is 13.4. The number of nitrogens with zero attached hydrogens (tertiary/aromatic N) is 4. The molecule has 1 aliphatic rings. The summed E-state index contributed by atoms with van der Waals surface area (Å²) in [7, 11) is 0. The van der Waals surface area contributed by atoms with Crippen LogP contribution in [0.2, 0.25) is 0 Å². The van der Waals surface area contributed by atoms with Crippen LogP contribution in [0, 0.1) is 0 Å². The Morgan fingerprint density at radius 1 is 0.393 bits per heavy atom. The fraction of sp³-hybridized carbons (Fsp3) is 0.0192. The van der Waals surface area contributed by atoms with E-state index in [1.165, 1.54) is 32.7 Å². The highest BCUT2D eigenvalue weighted by Gasteiger charge is 2.17. The lowest BCUT2D eigenvalue weighted by molar-refractivity contribution is 0.880. The molecule has 2 aromatic heterocycles. The van der Waals surface area contributed by atoms with Crippen molar-refractivity contribution in [2.45, 2.75) is 6.17 Å². The molecular weight excluding hydrogens is 681 g/mol. The van der Waals surface area contributed by atoms with Crippen LogP contribution in [0.5, 0.6) is 0 Å². The Labute approximate surface area is 326 Å². The zero-order valence-electron chi connectivity index (χ0n) is 30.5. The highest BCUT2D eigenvalue weighted by atomic mass is 15.1. The summed E-state index contributed by atoms with van der Waals surface area (Å²) in [5.74, 6) is 0. The molecule has 9 aromatic rings. The van der Waals surface area contributed by atoms with Crippen molar-refractivity contribution in [1.82, 2.24) is 9.97 Å². The molecule has 56 heavy (non-hydrogen) atoms. The molecule has 0 fully saturated rings. The fourth-order valence-corrected chi connectivity index (χ4v) is 7.72. The molecule has 0 aliphatic carbocycles. The Hall–Kier alpha value is -7.43. The Bertz CT molecular complexity index is 2810. The Balaban J connectivity index is 1.13. The number of aliphatic imine (C=N–C) groups is 1. The summed E-state index contributed by atoms with van der Waals surface area (Å²) in [6, 6.07) is 66.2. The number of rotatable bonds is 7. The maximum atomic E-state index is 5.41. The summed E-state index contributed by atoms with van der Waals surface area (Å²) in [5.41, 5.74) is 13.4. The van der Waals surface area contributed by atoms with E-state index in [2.05, 4.69) is 168 Å². The van der Waals surface area contributed by atoms with Crippen molar-refractivity contribution in [3.8, 4) is 44.8 Å². The van der Waals surface area contributed by atoms with Gasteiger partial charge in [-0.05, 0) is 90.8 Å². The maximum Gasteiger partial charge on any atom is 0.0701 e. The number of allylic oxidation sites excluding steroid dienone is 1. The van der Waals surface area contributed by atoms with Gasteiger partial charge in [0.05, 0.1) is 17.1 Å². The monoisotopic (exact) mass is 715 g/mol. The number of fused-ring (bicyclic) bond motifs is 2. The fourth-order valence-electron chi connectivity index (χ4n) is 7.72. The van der Waals surface area contributed by atoms with E-state index in [0.29, 0.717) is 0 Å². The molecule has 0 amide bonds. The Morgan fingerprint density at radius 2 is 0.875 bits per heavy atom. The summed E-state index contributed by atoms with van der Waals surface area (Å²) < 4.78 is 0. The molecule has 0 radical (unpaired) electrons. The molecular formula is C52H35N4-. The minimum atomic E-state index is -0.486. The summed E-state index contributed by atoms with van der Waals surface area (Å²) in [6.07, 6.45) is 5.28. The lowest BCUT2D eigenvalue weighted by Crippen LogP contribution is -2.09. The van der Waals surface area contributed by atoms with E-state index < -0.39 is 6.17 Å². The van der Waals surface area contributed by atoms with Crippen molar-refractivity contribution in [2.75, 3.05) is 0 Å². The first-order valence-electron chi connectivity index (χ1n) is 18.9. The van der Waals surface area contributed by atoms with Crippen molar-refractivity contribution in [2.24, 2.45) is 4.99 Å². The standard InChI is InChI=1S/C52H35N4/c1-3-15-44-35(11-1)13-9-17-46(44)41-31-42(47-18-10-14-36-12-2-4-16-45(36)47)33-43(32-41)52-55-50(39-25-21-37(22-26-39)48-19-5-7-29-53-48)34-51(56-52)40-27-23-38(24-28-40)49-20-6-8-30-54-49/h1-34,52H/q-1. The molecule has 1 unspecified atom stereocenters. The van der Waals surface area contributed by atoms with Gasteiger partial charge in [-0.15, -0.1) is 5.70 Å². The first-order chi connectivity index (χ1) is 27.7. The zero-order valence-corrected chi connectivity index (χ0v) is 30.5. The zero-order chi connectivity index (χ0) is 37.3. The summed E-state index contributed by atoms with van der Waals surface area (Å²) in [4.78, 5) is 14.5. The summed E-state index contributed by atoms with van der Waals surface area (Å²) >= 11 is 0. The average molecular weight is 716 g/mol. The van der Waals surface area contributed by atoms with E-state index >= 15 is 0 Å². The molecule has 10 rings (SSSR count). The molecule has 4 heteroatoms. The third-order valence-electron chi connectivity index (χ3n) is 10.5. The average Bonchev–Trinajstić information content (AvgIpc) is 3.29. The van der Waals surface area contributed by atoms with Crippen LogP contribution in [-0.4, -0.2) is 15.7 Å². The van der Waals surface area contributed by atoms with Gasteiger partial charge in [-0.3, -0.25) is 15.0 Å². The number of benzene rings is 7. The second-order valence-electron chi connectivity index (χ2n) is 14.0. The first-order valence-corrected chi connectivity index (χ1v) is 18.9. The normalized spacial score (nSPS) is 13.9. The van der Waals surface area contributed by atoms with Crippen LogP contribution >= 0.6 is 0 Å². The van der Waals surface area contributed by atoms with Crippen LogP contribution in [0.25, 0.3) is 77.3 Å². The van der Waals surface area contributed by atoms with Gasteiger partial charge in [0.1, 0.15) is 0 Å². The predicted molar refractivity (Wildman–Crippen MR) is 232 cm³/mol. The van der Waals surface area contributed by atoms with E-state index in [0.717, 1.165) is 61.7 Å². The molecule has 0 N–H and O–H groups in total. The lowest BCUT2D eigenvalue weighted by atomic mass is 9.90. The number of aromatic nitrogens is 2. The third kappa shape index (κ3) is 6.44. The van der Waals surface area contributed by atoms with Gasteiger partial charge in [-0.2, -0.15) is 0 Å². The van der Waals surface area contributed by atoms with Crippen molar-refractivity contribution in [3.05, 3.63) is 229 Å². The van der Waals surface area contributed by atoms with Gasteiger partial charge >= 0.3 is 0 Å².